The summed E-state index contributed by atoms with van der Waals surface area (Å²) in [6.45, 7) is 6.86. The molecule has 0 atom stereocenters. The normalized spacial score (nSPS) is 16.6. The molecule has 1 N–H and O–H groups in total. The Balaban J connectivity index is 1.11. The van der Waals surface area contributed by atoms with E-state index < -0.39 is 0 Å². The van der Waals surface area contributed by atoms with Crippen LogP contribution in [0.4, 0.5) is 11.5 Å². The van der Waals surface area contributed by atoms with Crippen LogP contribution in [0, 0.1) is 19.8 Å². The number of nitrogens with one attached hydrogen (secondary N) is 1. The van der Waals surface area contributed by atoms with Crippen LogP contribution in [0.15, 0.2) is 60.8 Å². The number of piperidine rings is 1. The summed E-state index contributed by atoms with van der Waals surface area (Å²) in [6, 6.07) is 18.0. The molecule has 2 aliphatic heterocycles. The standard InChI is InChI=1S/C28H31N5O2/c1-19-5-6-20(2)25(16-19)28(35)32-14-11-22(12-15-32)21-7-9-24(10-8-21)30-27(34)23-17-33(18-23)26-4-3-13-29-31-26/h3-10,13,16,22-23H,11-12,14-15,17-18H2,1-2H3,(H,30,34). The highest BCUT2D eigenvalue weighted by Crippen LogP contribution is 2.30. The van der Waals surface area contributed by atoms with E-state index in [0.717, 1.165) is 54.1 Å². The summed E-state index contributed by atoms with van der Waals surface area (Å²) in [5.41, 5.74) is 5.04. The van der Waals surface area contributed by atoms with Gasteiger partial charge in [-0.05, 0) is 74.1 Å². The maximum atomic E-state index is 13.0. The van der Waals surface area contributed by atoms with Crippen LogP contribution in [0.1, 0.15) is 45.8 Å². The molecule has 7 nitrogen and oxygen atoms in total. The second-order valence-corrected chi connectivity index (χ2v) is 9.68. The summed E-state index contributed by atoms with van der Waals surface area (Å²) in [7, 11) is 0. The number of aromatic nitrogens is 2. The molecule has 2 saturated heterocycles. The Morgan fingerprint density at radius 3 is 2.40 bits per heavy atom. The molecule has 7 heteroatoms. The molecule has 0 saturated carbocycles. The third kappa shape index (κ3) is 5.04. The van der Waals surface area contributed by atoms with Crippen LogP contribution in [-0.4, -0.2) is 53.1 Å². The third-order valence-corrected chi connectivity index (χ3v) is 7.19. The maximum absolute atomic E-state index is 13.0. The molecular weight excluding hydrogens is 438 g/mol. The lowest BCUT2D eigenvalue weighted by molar-refractivity contribution is -0.120. The van der Waals surface area contributed by atoms with Crippen molar-refractivity contribution in [2.24, 2.45) is 5.92 Å². The summed E-state index contributed by atoms with van der Waals surface area (Å²) in [4.78, 5) is 29.7. The van der Waals surface area contributed by atoms with Gasteiger partial charge in [-0.15, -0.1) is 5.10 Å². The lowest BCUT2D eigenvalue weighted by Gasteiger charge is -2.38. The van der Waals surface area contributed by atoms with Crippen molar-refractivity contribution < 1.29 is 9.59 Å². The number of likely N-dealkylation sites (tertiary alicyclic amines) is 1. The summed E-state index contributed by atoms with van der Waals surface area (Å²) >= 11 is 0. The van der Waals surface area contributed by atoms with E-state index >= 15 is 0 Å². The number of hydrogen-bond donors (Lipinski definition) is 1. The van der Waals surface area contributed by atoms with E-state index in [1.54, 1.807) is 6.20 Å². The quantitative estimate of drug-likeness (QED) is 0.606. The first-order valence-electron chi connectivity index (χ1n) is 12.3. The van der Waals surface area contributed by atoms with Gasteiger partial charge < -0.3 is 15.1 Å². The van der Waals surface area contributed by atoms with E-state index in [2.05, 4.69) is 32.5 Å². The molecule has 0 unspecified atom stereocenters. The number of rotatable bonds is 5. The third-order valence-electron chi connectivity index (χ3n) is 7.19. The van der Waals surface area contributed by atoms with Crippen molar-refractivity contribution in [2.45, 2.75) is 32.6 Å². The van der Waals surface area contributed by atoms with Crippen LogP contribution < -0.4 is 10.2 Å². The van der Waals surface area contributed by atoms with Crippen LogP contribution in [0.3, 0.4) is 0 Å². The van der Waals surface area contributed by atoms with Crippen LogP contribution in [-0.2, 0) is 4.79 Å². The van der Waals surface area contributed by atoms with Crippen molar-refractivity contribution in [1.29, 1.82) is 0 Å². The Morgan fingerprint density at radius 1 is 0.971 bits per heavy atom. The van der Waals surface area contributed by atoms with Gasteiger partial charge in [0.15, 0.2) is 5.82 Å². The Morgan fingerprint density at radius 2 is 1.71 bits per heavy atom. The van der Waals surface area contributed by atoms with Crippen molar-refractivity contribution in [3.8, 4) is 0 Å². The fourth-order valence-corrected chi connectivity index (χ4v) is 4.93. The van der Waals surface area contributed by atoms with E-state index in [0.29, 0.717) is 19.0 Å². The van der Waals surface area contributed by atoms with Crippen molar-refractivity contribution in [3.05, 3.63) is 83.0 Å². The fourth-order valence-electron chi connectivity index (χ4n) is 4.93. The second-order valence-electron chi connectivity index (χ2n) is 9.68. The van der Waals surface area contributed by atoms with E-state index in [9.17, 15) is 9.59 Å². The minimum Gasteiger partial charge on any atom is -0.353 e. The number of hydrogen-bond acceptors (Lipinski definition) is 5. The van der Waals surface area contributed by atoms with Crippen LogP contribution >= 0.6 is 0 Å². The molecule has 1 aromatic heterocycles. The van der Waals surface area contributed by atoms with Gasteiger partial charge >= 0.3 is 0 Å². The Hall–Kier alpha value is -3.74. The van der Waals surface area contributed by atoms with Crippen LogP contribution in [0.25, 0.3) is 0 Å². The predicted octanol–water partition coefficient (Wildman–Crippen LogP) is 4.19. The Kier molecular flexibility index (Phi) is 6.49. The highest BCUT2D eigenvalue weighted by molar-refractivity contribution is 5.96. The zero-order valence-corrected chi connectivity index (χ0v) is 20.3. The molecule has 2 fully saturated rings. The van der Waals surface area contributed by atoms with Crippen molar-refractivity contribution in [2.75, 3.05) is 36.4 Å². The van der Waals surface area contributed by atoms with Gasteiger partial charge in [-0.2, -0.15) is 5.10 Å². The first kappa shape index (κ1) is 23.0. The average molecular weight is 470 g/mol. The molecule has 180 valence electrons. The molecule has 0 radical (unpaired) electrons. The number of benzene rings is 2. The molecule has 0 aliphatic carbocycles. The summed E-state index contributed by atoms with van der Waals surface area (Å²) < 4.78 is 0. The van der Waals surface area contributed by atoms with Crippen LogP contribution in [0.2, 0.25) is 0 Å². The smallest absolute Gasteiger partial charge is 0.254 e. The molecule has 0 bridgehead atoms. The van der Waals surface area contributed by atoms with Crippen LogP contribution in [0.5, 0.6) is 0 Å². The number of nitrogens with zero attached hydrogens (tertiary/aromatic N) is 4. The van der Waals surface area contributed by atoms with Gasteiger partial charge in [0, 0.05) is 43.6 Å². The number of carbonyl (C=O) groups excluding carboxylic acids is 2. The monoisotopic (exact) mass is 469 g/mol. The van der Waals surface area contributed by atoms with Crippen molar-refractivity contribution >= 4 is 23.3 Å². The summed E-state index contributed by atoms with van der Waals surface area (Å²) in [5, 5.41) is 11.0. The average Bonchev–Trinajstić information content (AvgIpc) is 2.85. The van der Waals surface area contributed by atoms with Gasteiger partial charge in [0.1, 0.15) is 0 Å². The van der Waals surface area contributed by atoms with E-state index in [4.69, 9.17) is 0 Å². The van der Waals surface area contributed by atoms with E-state index in [-0.39, 0.29) is 17.7 Å². The molecular formula is C28H31N5O2. The van der Waals surface area contributed by atoms with Crippen molar-refractivity contribution in [1.82, 2.24) is 15.1 Å². The molecule has 3 heterocycles. The van der Waals surface area contributed by atoms with E-state index in [1.807, 2.05) is 61.2 Å². The minimum absolute atomic E-state index is 0.0381. The molecule has 0 spiro atoms. The SMILES string of the molecule is Cc1ccc(C)c(C(=O)N2CCC(c3ccc(NC(=O)C4CN(c5cccnn5)C4)cc3)CC2)c1. The zero-order valence-electron chi connectivity index (χ0n) is 20.3. The van der Waals surface area contributed by atoms with E-state index in [1.165, 1.54) is 5.56 Å². The van der Waals surface area contributed by atoms with Crippen molar-refractivity contribution in [3.63, 3.8) is 0 Å². The maximum Gasteiger partial charge on any atom is 0.254 e. The molecule has 5 rings (SSSR count). The lowest BCUT2D eigenvalue weighted by atomic mass is 9.89. The van der Waals surface area contributed by atoms with Gasteiger partial charge in [-0.25, -0.2) is 0 Å². The van der Waals surface area contributed by atoms with Gasteiger partial charge in [0.05, 0.1) is 5.92 Å². The largest absolute Gasteiger partial charge is 0.353 e. The molecule has 35 heavy (non-hydrogen) atoms. The fraction of sp³-hybridized carbons (Fsp3) is 0.357. The molecule has 2 amide bonds. The number of carbonyl (C=O) groups is 2. The molecule has 2 aliphatic rings. The van der Waals surface area contributed by atoms with Gasteiger partial charge in [-0.3, -0.25) is 9.59 Å². The van der Waals surface area contributed by atoms with Gasteiger partial charge in [0.25, 0.3) is 5.91 Å². The highest BCUT2D eigenvalue weighted by Gasteiger charge is 2.33. The minimum atomic E-state index is -0.0458. The Labute approximate surface area is 206 Å². The van der Waals surface area contributed by atoms with Gasteiger partial charge in [0.2, 0.25) is 5.91 Å². The summed E-state index contributed by atoms with van der Waals surface area (Å²) in [6.07, 6.45) is 3.54. The first-order chi connectivity index (χ1) is 17.0. The van der Waals surface area contributed by atoms with Gasteiger partial charge in [-0.1, -0.05) is 29.8 Å². The lowest BCUT2D eigenvalue weighted by Crippen LogP contribution is -2.52. The highest BCUT2D eigenvalue weighted by atomic mass is 16.2. The number of anilines is 2. The zero-order chi connectivity index (χ0) is 24.4. The molecule has 2 aromatic carbocycles. The number of amides is 2. The predicted molar refractivity (Wildman–Crippen MR) is 137 cm³/mol. The first-order valence-corrected chi connectivity index (χ1v) is 12.3. The Bertz CT molecular complexity index is 1200. The number of aryl methyl sites for hydroxylation is 2. The topological polar surface area (TPSA) is 78.4 Å². The summed E-state index contributed by atoms with van der Waals surface area (Å²) in [5.74, 6) is 1.36. The molecule has 3 aromatic rings. The second kappa shape index (κ2) is 9.86.